The molecule has 3 aromatic carbocycles. The second-order valence-electron chi connectivity index (χ2n) is 6.51. The lowest BCUT2D eigenvalue weighted by atomic mass is 10.0. The lowest BCUT2D eigenvalue weighted by molar-refractivity contribution is -0.0493. The molecule has 4 nitrogen and oxygen atoms in total. The van der Waals surface area contributed by atoms with Gasteiger partial charge in [-0.2, -0.15) is 8.78 Å². The van der Waals surface area contributed by atoms with Crippen molar-refractivity contribution >= 4 is 44.5 Å². The fraction of sp³-hybridized carbons (Fsp3) is 0.0455. The molecular weight excluding hydrogens is 421 g/mol. The standard InChI is InChI=1S/C22H10ClF3O4/c23-18-19(27)13-9-10(24)5-7-15(13)28-20(18)12-6-8-16(30-22(25)26)21-17(12)11-3-1-2-4-14(11)29-21/h1-9,22H. The summed E-state index contributed by atoms with van der Waals surface area (Å²) >= 11 is 6.29. The summed E-state index contributed by atoms with van der Waals surface area (Å²) in [5, 5.41) is 0.729. The van der Waals surface area contributed by atoms with Gasteiger partial charge < -0.3 is 13.6 Å². The monoisotopic (exact) mass is 430 g/mol. The molecule has 0 bridgehead atoms. The predicted octanol–water partition coefficient (Wildman–Crippen LogP) is 6.75. The Bertz CT molecular complexity index is 1500. The molecule has 0 fully saturated rings. The first-order valence-corrected chi connectivity index (χ1v) is 9.13. The number of hydrogen-bond donors (Lipinski definition) is 0. The Morgan fingerprint density at radius 3 is 2.50 bits per heavy atom. The summed E-state index contributed by atoms with van der Waals surface area (Å²) in [7, 11) is 0. The van der Waals surface area contributed by atoms with Gasteiger partial charge in [0.25, 0.3) is 0 Å². The molecule has 0 aliphatic rings. The van der Waals surface area contributed by atoms with Gasteiger partial charge in [0, 0.05) is 16.3 Å². The van der Waals surface area contributed by atoms with Gasteiger partial charge in [0.1, 0.15) is 22.0 Å². The molecule has 5 rings (SSSR count). The van der Waals surface area contributed by atoms with Gasteiger partial charge >= 0.3 is 6.61 Å². The molecule has 0 saturated heterocycles. The highest BCUT2D eigenvalue weighted by atomic mass is 35.5. The van der Waals surface area contributed by atoms with Crippen LogP contribution in [0.5, 0.6) is 5.75 Å². The molecule has 0 atom stereocenters. The van der Waals surface area contributed by atoms with E-state index in [1.807, 2.05) is 0 Å². The van der Waals surface area contributed by atoms with Crippen LogP contribution in [0.1, 0.15) is 0 Å². The zero-order valence-electron chi connectivity index (χ0n) is 14.9. The van der Waals surface area contributed by atoms with Crippen molar-refractivity contribution in [1.29, 1.82) is 0 Å². The van der Waals surface area contributed by atoms with Crippen LogP contribution in [-0.2, 0) is 0 Å². The Morgan fingerprint density at radius 1 is 0.933 bits per heavy atom. The Kier molecular flexibility index (Phi) is 4.22. The summed E-state index contributed by atoms with van der Waals surface area (Å²) in [6, 6.07) is 13.2. The Morgan fingerprint density at radius 2 is 1.70 bits per heavy atom. The van der Waals surface area contributed by atoms with Gasteiger partial charge in [-0.1, -0.05) is 29.8 Å². The number of hydrogen-bond acceptors (Lipinski definition) is 4. The van der Waals surface area contributed by atoms with Crippen LogP contribution < -0.4 is 10.2 Å². The van der Waals surface area contributed by atoms with E-state index in [2.05, 4.69) is 4.74 Å². The van der Waals surface area contributed by atoms with Gasteiger partial charge in [0.2, 0.25) is 5.43 Å². The number of furan rings is 1. The zero-order valence-corrected chi connectivity index (χ0v) is 15.7. The van der Waals surface area contributed by atoms with Crippen molar-refractivity contribution in [2.75, 3.05) is 0 Å². The van der Waals surface area contributed by atoms with E-state index < -0.39 is 17.9 Å². The van der Waals surface area contributed by atoms with Crippen LogP contribution in [0.4, 0.5) is 13.2 Å². The number of halogens is 4. The smallest absolute Gasteiger partial charge is 0.387 e. The number of para-hydroxylation sites is 1. The summed E-state index contributed by atoms with van der Waals surface area (Å²) in [5.74, 6) is -0.752. The van der Waals surface area contributed by atoms with E-state index in [1.54, 1.807) is 24.3 Å². The first kappa shape index (κ1) is 18.6. The summed E-state index contributed by atoms with van der Waals surface area (Å²) in [4.78, 5) is 12.7. The van der Waals surface area contributed by atoms with Crippen LogP contribution in [-0.4, -0.2) is 6.61 Å². The van der Waals surface area contributed by atoms with Gasteiger partial charge in [-0.3, -0.25) is 4.79 Å². The Hall–Kier alpha value is -3.45. The van der Waals surface area contributed by atoms with E-state index in [0.717, 1.165) is 12.1 Å². The number of fused-ring (bicyclic) bond motifs is 4. The highest BCUT2D eigenvalue weighted by molar-refractivity contribution is 6.34. The summed E-state index contributed by atoms with van der Waals surface area (Å²) in [6.07, 6.45) is 0. The molecular formula is C22H10ClF3O4. The van der Waals surface area contributed by atoms with E-state index >= 15 is 0 Å². The Balaban J connectivity index is 1.89. The van der Waals surface area contributed by atoms with Crippen molar-refractivity contribution in [3.8, 4) is 17.1 Å². The minimum absolute atomic E-state index is 0.00491. The molecule has 150 valence electrons. The second-order valence-corrected chi connectivity index (χ2v) is 6.88. The van der Waals surface area contributed by atoms with Crippen LogP contribution in [0.2, 0.25) is 5.02 Å². The zero-order chi connectivity index (χ0) is 21.0. The fourth-order valence-electron chi connectivity index (χ4n) is 3.50. The molecule has 0 unspecified atom stereocenters. The van der Waals surface area contributed by atoms with Crippen LogP contribution in [0.25, 0.3) is 44.2 Å². The van der Waals surface area contributed by atoms with E-state index in [0.29, 0.717) is 21.9 Å². The quantitative estimate of drug-likeness (QED) is 0.317. The van der Waals surface area contributed by atoms with Crippen molar-refractivity contribution in [3.63, 3.8) is 0 Å². The summed E-state index contributed by atoms with van der Waals surface area (Å²) < 4.78 is 55.5. The maximum atomic E-state index is 13.6. The highest BCUT2D eigenvalue weighted by Crippen LogP contribution is 2.43. The first-order chi connectivity index (χ1) is 14.4. The normalized spacial score (nSPS) is 11.8. The number of rotatable bonds is 3. The highest BCUT2D eigenvalue weighted by Gasteiger charge is 2.23. The van der Waals surface area contributed by atoms with Crippen LogP contribution in [0.15, 0.2) is 68.2 Å². The molecule has 0 radical (unpaired) electrons. The van der Waals surface area contributed by atoms with Gasteiger partial charge in [-0.05, 0) is 36.4 Å². The van der Waals surface area contributed by atoms with Crippen molar-refractivity contribution in [2.45, 2.75) is 6.61 Å². The number of alkyl halides is 2. The summed E-state index contributed by atoms with van der Waals surface area (Å²) in [5.41, 5.74) is 0.369. The molecule has 0 amide bonds. The molecule has 0 spiro atoms. The van der Waals surface area contributed by atoms with Crippen molar-refractivity contribution in [1.82, 2.24) is 0 Å². The van der Waals surface area contributed by atoms with E-state index in [9.17, 15) is 18.0 Å². The number of ether oxygens (including phenoxy) is 1. The van der Waals surface area contributed by atoms with Crippen molar-refractivity contribution < 1.29 is 26.7 Å². The average Bonchev–Trinajstić information content (AvgIpc) is 3.11. The van der Waals surface area contributed by atoms with E-state index in [4.69, 9.17) is 20.4 Å². The van der Waals surface area contributed by atoms with Gasteiger partial charge in [0.15, 0.2) is 17.1 Å². The summed E-state index contributed by atoms with van der Waals surface area (Å²) in [6.45, 7) is -3.05. The fourth-order valence-corrected chi connectivity index (χ4v) is 3.74. The molecule has 5 aromatic rings. The molecule has 0 aliphatic carbocycles. The predicted molar refractivity (Wildman–Crippen MR) is 107 cm³/mol. The molecule has 30 heavy (non-hydrogen) atoms. The topological polar surface area (TPSA) is 52.6 Å². The molecule has 0 N–H and O–H groups in total. The van der Waals surface area contributed by atoms with E-state index in [-0.39, 0.29) is 33.1 Å². The molecule has 2 aromatic heterocycles. The molecule has 2 heterocycles. The third kappa shape index (κ3) is 2.81. The maximum absolute atomic E-state index is 13.6. The average molecular weight is 431 g/mol. The van der Waals surface area contributed by atoms with Gasteiger partial charge in [-0.25, -0.2) is 4.39 Å². The van der Waals surface area contributed by atoms with Crippen LogP contribution in [0.3, 0.4) is 0 Å². The number of benzene rings is 3. The third-order valence-corrected chi connectivity index (χ3v) is 5.09. The lowest BCUT2D eigenvalue weighted by Crippen LogP contribution is -2.05. The minimum atomic E-state index is -3.05. The first-order valence-electron chi connectivity index (χ1n) is 8.75. The lowest BCUT2D eigenvalue weighted by Gasteiger charge is -2.10. The van der Waals surface area contributed by atoms with Gasteiger partial charge in [0.05, 0.1) is 5.39 Å². The Labute approximate surface area is 171 Å². The van der Waals surface area contributed by atoms with Gasteiger partial charge in [-0.15, -0.1) is 0 Å². The van der Waals surface area contributed by atoms with Crippen molar-refractivity contribution in [2.24, 2.45) is 0 Å². The van der Waals surface area contributed by atoms with Crippen LogP contribution >= 0.6 is 11.6 Å². The molecule has 8 heteroatoms. The molecule has 0 aliphatic heterocycles. The second kappa shape index (κ2) is 6.81. The van der Waals surface area contributed by atoms with Crippen molar-refractivity contribution in [3.05, 3.63) is 75.7 Å². The third-order valence-electron chi connectivity index (χ3n) is 4.75. The minimum Gasteiger partial charge on any atom is -0.454 e. The van der Waals surface area contributed by atoms with Crippen LogP contribution in [0, 0.1) is 5.82 Å². The van der Waals surface area contributed by atoms with E-state index in [1.165, 1.54) is 18.2 Å². The molecule has 0 saturated carbocycles. The SMILES string of the molecule is O=c1c(Cl)c(-c2ccc(OC(F)F)c3oc4ccccc4c23)oc2ccc(F)cc12. The maximum Gasteiger partial charge on any atom is 0.387 e. The largest absolute Gasteiger partial charge is 0.454 e.